The van der Waals surface area contributed by atoms with Crippen molar-refractivity contribution in [1.82, 2.24) is 5.32 Å². The molecular formula is C10H19NO2. The Labute approximate surface area is 79.8 Å². The van der Waals surface area contributed by atoms with E-state index in [2.05, 4.69) is 5.32 Å². The third kappa shape index (κ3) is 4.76. The number of carbonyl (C=O) groups is 1. The normalized spacial score (nSPS) is 18.5. The summed E-state index contributed by atoms with van der Waals surface area (Å²) in [7, 11) is 0. The summed E-state index contributed by atoms with van der Waals surface area (Å²) in [6.07, 6.45) is 3.42. The molecule has 0 heterocycles. The van der Waals surface area contributed by atoms with Crippen LogP contribution in [0.25, 0.3) is 0 Å². The Morgan fingerprint density at radius 2 is 2.08 bits per heavy atom. The summed E-state index contributed by atoms with van der Waals surface area (Å²) in [6.45, 7) is 5.73. The third-order valence-corrected chi connectivity index (χ3v) is 2.09. The highest BCUT2D eigenvalue weighted by Crippen LogP contribution is 2.33. The van der Waals surface area contributed by atoms with Crippen LogP contribution in [-0.4, -0.2) is 18.2 Å². The standard InChI is InChI=1S/C10H19NO2/c1-7(2)13-10(12)11-8(3)6-9-4-5-9/h7-9H,4-6H2,1-3H3,(H,11,12). The van der Waals surface area contributed by atoms with Crippen molar-refractivity contribution in [3.05, 3.63) is 0 Å². The highest BCUT2D eigenvalue weighted by molar-refractivity contribution is 5.67. The van der Waals surface area contributed by atoms with E-state index >= 15 is 0 Å². The molecule has 13 heavy (non-hydrogen) atoms. The largest absolute Gasteiger partial charge is 0.447 e. The zero-order valence-electron chi connectivity index (χ0n) is 8.67. The molecule has 0 radical (unpaired) electrons. The van der Waals surface area contributed by atoms with Gasteiger partial charge in [-0.3, -0.25) is 0 Å². The van der Waals surface area contributed by atoms with Gasteiger partial charge in [-0.05, 0) is 33.1 Å². The predicted molar refractivity (Wildman–Crippen MR) is 51.6 cm³/mol. The lowest BCUT2D eigenvalue weighted by atomic mass is 10.2. The van der Waals surface area contributed by atoms with Gasteiger partial charge in [0.25, 0.3) is 0 Å². The van der Waals surface area contributed by atoms with Crippen LogP contribution in [0.1, 0.15) is 40.0 Å². The van der Waals surface area contributed by atoms with E-state index in [1.165, 1.54) is 12.8 Å². The van der Waals surface area contributed by atoms with Gasteiger partial charge in [0.05, 0.1) is 6.10 Å². The zero-order chi connectivity index (χ0) is 9.84. The molecule has 76 valence electrons. The second-order valence-electron chi connectivity index (χ2n) is 4.18. The van der Waals surface area contributed by atoms with Crippen molar-refractivity contribution in [2.24, 2.45) is 5.92 Å². The smallest absolute Gasteiger partial charge is 0.407 e. The van der Waals surface area contributed by atoms with Crippen molar-refractivity contribution >= 4 is 6.09 Å². The molecule has 1 atom stereocenters. The summed E-state index contributed by atoms with van der Waals surface area (Å²) in [5.74, 6) is 0.842. The molecule has 1 fully saturated rings. The number of carbonyl (C=O) groups excluding carboxylic acids is 1. The highest BCUT2D eigenvalue weighted by Gasteiger charge is 2.24. The van der Waals surface area contributed by atoms with Gasteiger partial charge in [-0.25, -0.2) is 4.79 Å². The van der Waals surface area contributed by atoms with Gasteiger partial charge in [-0.1, -0.05) is 12.8 Å². The third-order valence-electron chi connectivity index (χ3n) is 2.09. The Morgan fingerprint density at radius 3 is 2.54 bits per heavy atom. The molecule has 0 saturated heterocycles. The number of ether oxygens (including phenoxy) is 1. The van der Waals surface area contributed by atoms with Gasteiger partial charge in [-0.2, -0.15) is 0 Å². The minimum absolute atomic E-state index is 0.0341. The van der Waals surface area contributed by atoms with E-state index in [9.17, 15) is 4.79 Å². The Hall–Kier alpha value is -0.730. The van der Waals surface area contributed by atoms with E-state index in [-0.39, 0.29) is 18.2 Å². The van der Waals surface area contributed by atoms with E-state index < -0.39 is 0 Å². The number of nitrogens with one attached hydrogen (secondary N) is 1. The topological polar surface area (TPSA) is 38.3 Å². The van der Waals surface area contributed by atoms with Crippen molar-refractivity contribution < 1.29 is 9.53 Å². The molecule has 0 aromatic rings. The average Bonchev–Trinajstić information content (AvgIpc) is 2.67. The second-order valence-corrected chi connectivity index (χ2v) is 4.18. The monoisotopic (exact) mass is 185 g/mol. The van der Waals surface area contributed by atoms with E-state index in [4.69, 9.17) is 4.74 Å². The summed E-state index contributed by atoms with van der Waals surface area (Å²) in [5, 5.41) is 2.82. The maximum atomic E-state index is 11.1. The lowest BCUT2D eigenvalue weighted by Gasteiger charge is -2.14. The molecule has 3 nitrogen and oxygen atoms in total. The van der Waals surface area contributed by atoms with Crippen LogP contribution in [-0.2, 0) is 4.74 Å². The molecule has 1 N–H and O–H groups in total. The molecule has 1 amide bonds. The molecular weight excluding hydrogens is 166 g/mol. The maximum Gasteiger partial charge on any atom is 0.407 e. The van der Waals surface area contributed by atoms with Crippen LogP contribution in [0.4, 0.5) is 4.79 Å². The second kappa shape index (κ2) is 4.49. The first kappa shape index (κ1) is 10.4. The van der Waals surface area contributed by atoms with Crippen molar-refractivity contribution in [3.8, 4) is 0 Å². The lowest BCUT2D eigenvalue weighted by molar-refractivity contribution is 0.112. The quantitative estimate of drug-likeness (QED) is 0.730. The number of amides is 1. The van der Waals surface area contributed by atoms with Crippen LogP contribution >= 0.6 is 0 Å². The predicted octanol–water partition coefficient (Wildman–Crippen LogP) is 2.31. The minimum atomic E-state index is -0.289. The summed E-state index contributed by atoms with van der Waals surface area (Å²) < 4.78 is 4.97. The van der Waals surface area contributed by atoms with E-state index in [0.29, 0.717) is 0 Å². The number of hydrogen-bond acceptors (Lipinski definition) is 2. The molecule has 0 aliphatic heterocycles. The molecule has 1 saturated carbocycles. The van der Waals surface area contributed by atoms with Gasteiger partial charge < -0.3 is 10.1 Å². The zero-order valence-corrected chi connectivity index (χ0v) is 8.67. The Balaban J connectivity index is 2.10. The summed E-state index contributed by atoms with van der Waals surface area (Å²) >= 11 is 0. The van der Waals surface area contributed by atoms with Crippen LogP contribution in [0.3, 0.4) is 0 Å². The van der Waals surface area contributed by atoms with Crippen molar-refractivity contribution in [1.29, 1.82) is 0 Å². The van der Waals surface area contributed by atoms with Crippen molar-refractivity contribution in [2.45, 2.75) is 52.2 Å². The fourth-order valence-electron chi connectivity index (χ4n) is 1.36. The molecule has 0 bridgehead atoms. The molecule has 1 aliphatic rings. The SMILES string of the molecule is CC(CC1CC1)NC(=O)OC(C)C. The summed E-state index contributed by atoms with van der Waals surface area (Å²) in [5.41, 5.74) is 0. The molecule has 0 aromatic carbocycles. The highest BCUT2D eigenvalue weighted by atomic mass is 16.6. The van der Waals surface area contributed by atoms with E-state index in [1.54, 1.807) is 0 Å². The van der Waals surface area contributed by atoms with Gasteiger partial charge in [0, 0.05) is 6.04 Å². The van der Waals surface area contributed by atoms with Crippen LogP contribution in [0.15, 0.2) is 0 Å². The first-order valence-corrected chi connectivity index (χ1v) is 5.05. The van der Waals surface area contributed by atoms with E-state index in [0.717, 1.165) is 12.3 Å². The van der Waals surface area contributed by atoms with E-state index in [1.807, 2.05) is 20.8 Å². The Bertz CT molecular complexity index is 176. The molecule has 0 aromatic heterocycles. The molecule has 1 aliphatic carbocycles. The van der Waals surface area contributed by atoms with Crippen LogP contribution in [0, 0.1) is 5.92 Å². The first-order chi connectivity index (χ1) is 6.08. The Kier molecular flexibility index (Phi) is 3.58. The van der Waals surface area contributed by atoms with Gasteiger partial charge in [0.15, 0.2) is 0 Å². The van der Waals surface area contributed by atoms with Crippen molar-refractivity contribution in [3.63, 3.8) is 0 Å². The molecule has 3 heteroatoms. The van der Waals surface area contributed by atoms with Crippen LogP contribution < -0.4 is 5.32 Å². The number of hydrogen-bond donors (Lipinski definition) is 1. The van der Waals surface area contributed by atoms with Crippen molar-refractivity contribution in [2.75, 3.05) is 0 Å². The fraction of sp³-hybridized carbons (Fsp3) is 0.900. The maximum absolute atomic E-state index is 11.1. The fourth-order valence-corrected chi connectivity index (χ4v) is 1.36. The Morgan fingerprint density at radius 1 is 1.46 bits per heavy atom. The average molecular weight is 185 g/mol. The van der Waals surface area contributed by atoms with Crippen LogP contribution in [0.2, 0.25) is 0 Å². The summed E-state index contributed by atoms with van der Waals surface area (Å²) in [4.78, 5) is 11.1. The number of rotatable bonds is 4. The van der Waals surface area contributed by atoms with Gasteiger partial charge >= 0.3 is 6.09 Å². The molecule has 1 rings (SSSR count). The molecule has 1 unspecified atom stereocenters. The number of alkyl carbamates (subject to hydrolysis) is 1. The van der Waals surface area contributed by atoms with Gasteiger partial charge in [0.1, 0.15) is 0 Å². The molecule has 0 spiro atoms. The van der Waals surface area contributed by atoms with Crippen LogP contribution in [0.5, 0.6) is 0 Å². The lowest BCUT2D eigenvalue weighted by Crippen LogP contribution is -2.34. The minimum Gasteiger partial charge on any atom is -0.447 e. The first-order valence-electron chi connectivity index (χ1n) is 5.05. The van der Waals surface area contributed by atoms with Gasteiger partial charge in [-0.15, -0.1) is 0 Å². The van der Waals surface area contributed by atoms with Gasteiger partial charge in [0.2, 0.25) is 0 Å². The summed E-state index contributed by atoms with van der Waals surface area (Å²) in [6, 6.07) is 0.249.